The molecule has 0 aliphatic rings. The fourth-order valence-corrected chi connectivity index (χ4v) is 19.3. The number of rotatable bonds is 13. The van der Waals surface area contributed by atoms with Crippen LogP contribution >= 0.6 is 15.9 Å². The summed E-state index contributed by atoms with van der Waals surface area (Å²) in [5.41, 5.74) is 0.968. The van der Waals surface area contributed by atoms with Gasteiger partial charge in [0.1, 0.15) is 0 Å². The Balaban J connectivity index is 2.81. The van der Waals surface area contributed by atoms with E-state index >= 15 is 0 Å². The molecule has 0 aromatic heterocycles. The molecule has 3 heteroatoms. The predicted molar refractivity (Wildman–Crippen MR) is 118 cm³/mol. The van der Waals surface area contributed by atoms with Crippen LogP contribution in [0.4, 0.5) is 0 Å². The van der Waals surface area contributed by atoms with Crippen molar-refractivity contribution in [3.8, 4) is 0 Å². The third kappa shape index (κ3) is 8.62. The summed E-state index contributed by atoms with van der Waals surface area (Å²) >= 11 is 1.44. The van der Waals surface area contributed by atoms with E-state index in [2.05, 4.69) is 42.8 Å². The fraction of sp³-hybridized carbons (Fsp3) is 0.636. The maximum absolute atomic E-state index is 10.5. The third-order valence-electron chi connectivity index (χ3n) is 5.28. The van der Waals surface area contributed by atoms with E-state index < -0.39 is 24.5 Å². The van der Waals surface area contributed by atoms with E-state index in [4.69, 9.17) is 0 Å². The summed E-state index contributed by atoms with van der Waals surface area (Å²) in [7, 11) is 0. The Kier molecular flexibility index (Phi) is 12.4. The van der Waals surface area contributed by atoms with Crippen LogP contribution in [0.2, 0.25) is 17.7 Å². The van der Waals surface area contributed by atoms with Crippen molar-refractivity contribution in [2.75, 3.05) is 0 Å². The molecular formula is C22H37BrOSn. The van der Waals surface area contributed by atoms with Crippen LogP contribution < -0.4 is 0 Å². The van der Waals surface area contributed by atoms with Gasteiger partial charge in [-0.2, -0.15) is 0 Å². The van der Waals surface area contributed by atoms with Gasteiger partial charge >= 0.3 is 169 Å². The second kappa shape index (κ2) is 13.4. The minimum absolute atomic E-state index is 0.497. The number of aliphatic hydroxyl groups excluding tert-OH is 1. The molecule has 1 aromatic carbocycles. The van der Waals surface area contributed by atoms with E-state index in [1.54, 1.807) is 0 Å². The van der Waals surface area contributed by atoms with Gasteiger partial charge in [-0.25, -0.2) is 0 Å². The molecule has 0 fully saturated rings. The molecule has 0 radical (unpaired) electrons. The van der Waals surface area contributed by atoms with Gasteiger partial charge in [0.25, 0.3) is 0 Å². The molecule has 0 aliphatic carbocycles. The van der Waals surface area contributed by atoms with E-state index in [0.29, 0.717) is 0 Å². The predicted octanol–water partition coefficient (Wildman–Crippen LogP) is 7.89. The van der Waals surface area contributed by atoms with Crippen LogP contribution in [0.15, 0.2) is 40.9 Å². The average Bonchev–Trinajstić information content (AvgIpc) is 2.62. The quantitative estimate of drug-likeness (QED) is 0.209. The summed E-state index contributed by atoms with van der Waals surface area (Å²) in [6, 6.07) is 7.98. The van der Waals surface area contributed by atoms with Gasteiger partial charge in [0, 0.05) is 0 Å². The second-order valence-electron chi connectivity index (χ2n) is 7.41. The minimum atomic E-state index is -2.11. The van der Waals surface area contributed by atoms with E-state index in [-0.39, 0.29) is 0 Å². The molecule has 0 saturated carbocycles. The summed E-state index contributed by atoms with van der Waals surface area (Å²) in [6.07, 6.45) is 12.1. The number of benzene rings is 1. The van der Waals surface area contributed by atoms with Crippen LogP contribution in [0.1, 0.15) is 71.0 Å². The number of hydrogen-bond donors (Lipinski definition) is 1. The van der Waals surface area contributed by atoms with Crippen molar-refractivity contribution in [2.24, 2.45) is 0 Å². The Hall–Kier alpha value is 0.199. The topological polar surface area (TPSA) is 20.2 Å². The van der Waals surface area contributed by atoms with E-state index in [1.807, 2.05) is 30.3 Å². The van der Waals surface area contributed by atoms with Gasteiger partial charge in [-0.15, -0.1) is 0 Å². The number of unbranched alkanes of at least 4 members (excludes halogenated alkanes) is 3. The van der Waals surface area contributed by atoms with Gasteiger partial charge < -0.3 is 0 Å². The van der Waals surface area contributed by atoms with Crippen molar-refractivity contribution in [3.63, 3.8) is 0 Å². The van der Waals surface area contributed by atoms with Crippen LogP contribution in [-0.2, 0) is 0 Å². The molecule has 1 rings (SSSR count). The monoisotopic (exact) mass is 516 g/mol. The Morgan fingerprint density at radius 3 is 1.96 bits per heavy atom. The van der Waals surface area contributed by atoms with Gasteiger partial charge in [0.2, 0.25) is 0 Å². The van der Waals surface area contributed by atoms with Crippen LogP contribution in [0.25, 0.3) is 0 Å². The molecule has 1 nitrogen and oxygen atoms in total. The zero-order valence-corrected chi connectivity index (χ0v) is 20.9. The summed E-state index contributed by atoms with van der Waals surface area (Å²) in [5.74, 6) is 0. The standard InChI is InChI=1S/C10H10BrO.3C4H9.Sn/c1-2-5-10(12)8-6-3-4-7-9(8)11;3*1-3-4-2;/h2-7,10,12H,1H2;3*1,3-4H2,2H3;/b5-2+;;;;. The second-order valence-corrected chi connectivity index (χ2v) is 22.3. The summed E-state index contributed by atoms with van der Waals surface area (Å²) < 4.78 is 6.88. The molecule has 25 heavy (non-hydrogen) atoms. The van der Waals surface area contributed by atoms with Crippen molar-refractivity contribution in [1.82, 2.24) is 0 Å². The number of allylic oxidation sites excluding steroid dienone is 1. The Morgan fingerprint density at radius 2 is 1.48 bits per heavy atom. The fourth-order valence-electron chi connectivity index (χ4n) is 3.60. The van der Waals surface area contributed by atoms with Crippen LogP contribution in [0.3, 0.4) is 0 Å². The van der Waals surface area contributed by atoms with Crippen molar-refractivity contribution >= 4 is 34.3 Å². The Morgan fingerprint density at radius 1 is 0.960 bits per heavy atom. The molecule has 1 aromatic rings. The first kappa shape index (κ1) is 23.2. The number of aliphatic hydroxyl groups is 1. The van der Waals surface area contributed by atoms with Gasteiger partial charge in [0.15, 0.2) is 0 Å². The van der Waals surface area contributed by atoms with Crippen molar-refractivity contribution < 1.29 is 5.11 Å². The molecule has 0 aliphatic heterocycles. The number of hydrogen-bond acceptors (Lipinski definition) is 1. The van der Waals surface area contributed by atoms with Crippen molar-refractivity contribution in [1.29, 1.82) is 0 Å². The van der Waals surface area contributed by atoms with Gasteiger partial charge in [-0.3, -0.25) is 0 Å². The summed E-state index contributed by atoms with van der Waals surface area (Å²) in [5, 5.41) is 10.5. The summed E-state index contributed by atoms with van der Waals surface area (Å²) in [6.45, 7) is 6.97. The molecule has 0 bridgehead atoms. The average molecular weight is 516 g/mol. The zero-order valence-electron chi connectivity index (χ0n) is 16.4. The van der Waals surface area contributed by atoms with Crippen LogP contribution in [0, 0.1) is 0 Å². The summed E-state index contributed by atoms with van der Waals surface area (Å²) in [4.78, 5) is 0. The van der Waals surface area contributed by atoms with Gasteiger partial charge in [-0.05, 0) is 0 Å². The molecule has 0 amide bonds. The van der Waals surface area contributed by atoms with E-state index in [1.165, 1.54) is 56.3 Å². The molecule has 1 unspecified atom stereocenters. The molecular weight excluding hydrogens is 479 g/mol. The molecule has 1 atom stereocenters. The van der Waals surface area contributed by atoms with Crippen molar-refractivity contribution in [3.05, 3.63) is 46.5 Å². The van der Waals surface area contributed by atoms with Crippen LogP contribution in [-0.4, -0.2) is 23.5 Å². The zero-order chi connectivity index (χ0) is 18.5. The maximum atomic E-state index is 10.5. The first-order chi connectivity index (χ1) is 12.1. The molecule has 1 N–H and O–H groups in total. The van der Waals surface area contributed by atoms with Crippen molar-refractivity contribution in [2.45, 2.75) is 83.1 Å². The first-order valence-electron chi connectivity index (χ1n) is 10.2. The molecule has 0 heterocycles. The van der Waals surface area contributed by atoms with Gasteiger partial charge in [0.05, 0.1) is 0 Å². The van der Waals surface area contributed by atoms with Gasteiger partial charge in [-0.1, -0.05) is 0 Å². The molecule has 0 saturated heterocycles. The first-order valence-corrected chi connectivity index (χ1v) is 19.0. The third-order valence-corrected chi connectivity index (χ3v) is 21.3. The normalized spacial score (nSPS) is 13.5. The molecule has 142 valence electrons. The van der Waals surface area contributed by atoms with E-state index in [9.17, 15) is 5.11 Å². The Labute approximate surface area is 168 Å². The molecule has 0 spiro atoms. The number of halogens is 1. The van der Waals surface area contributed by atoms with E-state index in [0.717, 1.165) is 10.0 Å². The van der Waals surface area contributed by atoms with Crippen LogP contribution in [0.5, 0.6) is 0 Å². The Bertz CT molecular complexity index is 479. The SMILES string of the molecule is CCC[CH2][Sn]([CH2]/C=C/C(O)c1ccccc1Br)([CH2]CCC)[CH2]CCC.